The highest BCUT2D eigenvalue weighted by Gasteiger charge is 2.27. The van der Waals surface area contributed by atoms with Gasteiger partial charge < -0.3 is 9.67 Å². The number of carbonyl (C=O) groups is 1. The fourth-order valence-corrected chi connectivity index (χ4v) is 1.50. The van der Waals surface area contributed by atoms with E-state index in [4.69, 9.17) is 5.11 Å². The number of aromatic nitrogens is 2. The largest absolute Gasteiger partial charge is 0.481 e. The third-order valence-corrected chi connectivity index (χ3v) is 3.02. The number of hydrogen-bond acceptors (Lipinski definition) is 3. The second-order valence-electron chi connectivity index (χ2n) is 4.81. The van der Waals surface area contributed by atoms with E-state index in [1.165, 1.54) is 16.8 Å². The zero-order valence-corrected chi connectivity index (χ0v) is 10.8. The molecule has 0 unspecified atom stereocenters. The van der Waals surface area contributed by atoms with Crippen LogP contribution in [0, 0.1) is 5.41 Å². The van der Waals surface area contributed by atoms with Gasteiger partial charge in [-0.15, -0.1) is 0 Å². The molecule has 0 saturated heterocycles. The summed E-state index contributed by atoms with van der Waals surface area (Å²) in [5.74, 6) is -0.942. The van der Waals surface area contributed by atoms with E-state index in [1.54, 1.807) is 20.8 Å². The van der Waals surface area contributed by atoms with Gasteiger partial charge in [-0.2, -0.15) is 0 Å². The highest BCUT2D eigenvalue weighted by Crippen LogP contribution is 2.20. The summed E-state index contributed by atoms with van der Waals surface area (Å²) in [6.45, 7) is 5.53. The predicted molar refractivity (Wildman–Crippen MR) is 66.7 cm³/mol. The smallest absolute Gasteiger partial charge is 0.330 e. The van der Waals surface area contributed by atoms with Crippen LogP contribution in [0.2, 0.25) is 0 Å². The standard InChI is InChI=1S/C12H18N2O4/c1-4-13-7-5-9(15)14(11(13)18)8-6-12(2,3)10(16)17/h5,7H,4,6,8H2,1-3H3,(H,16,17). The van der Waals surface area contributed by atoms with Crippen molar-refractivity contribution in [1.29, 1.82) is 0 Å². The number of nitrogens with zero attached hydrogens (tertiary/aromatic N) is 2. The van der Waals surface area contributed by atoms with Gasteiger partial charge in [0.2, 0.25) is 0 Å². The molecule has 0 amide bonds. The summed E-state index contributed by atoms with van der Waals surface area (Å²) in [4.78, 5) is 34.4. The Labute approximate surface area is 104 Å². The second kappa shape index (κ2) is 5.20. The fourth-order valence-electron chi connectivity index (χ4n) is 1.50. The molecule has 0 radical (unpaired) electrons. The highest BCUT2D eigenvalue weighted by molar-refractivity contribution is 5.73. The highest BCUT2D eigenvalue weighted by atomic mass is 16.4. The molecule has 0 fully saturated rings. The minimum Gasteiger partial charge on any atom is -0.481 e. The van der Waals surface area contributed by atoms with Crippen LogP contribution in [0.4, 0.5) is 0 Å². The normalized spacial score (nSPS) is 11.5. The van der Waals surface area contributed by atoms with Crippen LogP contribution in [0.3, 0.4) is 0 Å². The maximum Gasteiger partial charge on any atom is 0.330 e. The fraction of sp³-hybridized carbons (Fsp3) is 0.583. The molecule has 0 atom stereocenters. The Morgan fingerprint density at radius 3 is 2.50 bits per heavy atom. The van der Waals surface area contributed by atoms with Crippen molar-refractivity contribution in [2.75, 3.05) is 0 Å². The van der Waals surface area contributed by atoms with Crippen molar-refractivity contribution in [2.24, 2.45) is 5.41 Å². The van der Waals surface area contributed by atoms with Gasteiger partial charge in [-0.1, -0.05) is 0 Å². The second-order valence-corrected chi connectivity index (χ2v) is 4.81. The number of aryl methyl sites for hydroxylation is 1. The van der Waals surface area contributed by atoms with E-state index in [-0.39, 0.29) is 13.0 Å². The van der Waals surface area contributed by atoms with Gasteiger partial charge in [-0.25, -0.2) is 4.79 Å². The van der Waals surface area contributed by atoms with E-state index in [9.17, 15) is 14.4 Å². The third-order valence-electron chi connectivity index (χ3n) is 3.02. The summed E-state index contributed by atoms with van der Waals surface area (Å²) in [5.41, 5.74) is -1.75. The van der Waals surface area contributed by atoms with Gasteiger partial charge in [0.05, 0.1) is 5.41 Å². The van der Waals surface area contributed by atoms with Crippen molar-refractivity contribution >= 4 is 5.97 Å². The van der Waals surface area contributed by atoms with Gasteiger partial charge in [0.25, 0.3) is 5.56 Å². The van der Waals surface area contributed by atoms with Crippen molar-refractivity contribution in [3.8, 4) is 0 Å². The predicted octanol–water partition coefficient (Wildman–Crippen LogP) is 0.531. The summed E-state index contributed by atoms with van der Waals surface area (Å²) < 4.78 is 2.49. The molecule has 1 aromatic rings. The summed E-state index contributed by atoms with van der Waals surface area (Å²) in [7, 11) is 0. The Balaban J connectivity index is 3.03. The number of hydrogen-bond donors (Lipinski definition) is 1. The Bertz CT molecular complexity index is 554. The Morgan fingerprint density at radius 1 is 1.39 bits per heavy atom. The minimum absolute atomic E-state index is 0.109. The molecule has 100 valence electrons. The van der Waals surface area contributed by atoms with Crippen LogP contribution in [-0.4, -0.2) is 20.2 Å². The topological polar surface area (TPSA) is 81.3 Å². The lowest BCUT2D eigenvalue weighted by Gasteiger charge is -2.19. The monoisotopic (exact) mass is 254 g/mol. The summed E-state index contributed by atoms with van der Waals surface area (Å²) in [5, 5.41) is 8.99. The van der Waals surface area contributed by atoms with Gasteiger partial charge in [0.15, 0.2) is 0 Å². The Hall–Kier alpha value is -1.85. The van der Waals surface area contributed by atoms with Crippen LogP contribution >= 0.6 is 0 Å². The molecule has 1 N–H and O–H groups in total. The lowest BCUT2D eigenvalue weighted by Crippen LogP contribution is -2.40. The molecule has 6 nitrogen and oxygen atoms in total. The summed E-state index contributed by atoms with van der Waals surface area (Å²) in [6, 6.07) is 1.32. The molecule has 0 spiro atoms. The molecule has 0 bridgehead atoms. The van der Waals surface area contributed by atoms with Crippen molar-refractivity contribution in [3.63, 3.8) is 0 Å². The van der Waals surface area contributed by atoms with Crippen molar-refractivity contribution < 1.29 is 9.90 Å². The molecular weight excluding hydrogens is 236 g/mol. The third kappa shape index (κ3) is 2.88. The van der Waals surface area contributed by atoms with Crippen LogP contribution in [0.5, 0.6) is 0 Å². The average Bonchev–Trinajstić information content (AvgIpc) is 2.28. The Morgan fingerprint density at radius 2 is 2.00 bits per heavy atom. The van der Waals surface area contributed by atoms with E-state index in [0.717, 1.165) is 4.57 Å². The summed E-state index contributed by atoms with van der Waals surface area (Å²) >= 11 is 0. The first-order chi connectivity index (χ1) is 8.29. The van der Waals surface area contributed by atoms with Crippen LogP contribution in [0.1, 0.15) is 27.2 Å². The maximum atomic E-state index is 11.9. The molecule has 18 heavy (non-hydrogen) atoms. The molecule has 0 aliphatic heterocycles. The zero-order chi connectivity index (χ0) is 13.9. The number of carboxylic acid groups (broad SMARTS) is 1. The molecule has 0 aromatic carbocycles. The maximum absolute atomic E-state index is 11.9. The first kappa shape index (κ1) is 14.2. The zero-order valence-electron chi connectivity index (χ0n) is 10.8. The van der Waals surface area contributed by atoms with E-state index in [0.29, 0.717) is 6.54 Å². The van der Waals surface area contributed by atoms with E-state index in [1.807, 2.05) is 0 Å². The quantitative estimate of drug-likeness (QED) is 0.831. The van der Waals surface area contributed by atoms with Gasteiger partial charge in [-0.3, -0.25) is 14.2 Å². The molecule has 6 heteroatoms. The number of carboxylic acids is 1. The van der Waals surface area contributed by atoms with Gasteiger partial charge in [0, 0.05) is 25.4 Å². The van der Waals surface area contributed by atoms with Crippen LogP contribution in [-0.2, 0) is 17.9 Å². The molecule has 0 aliphatic carbocycles. The van der Waals surface area contributed by atoms with Crippen molar-refractivity contribution in [3.05, 3.63) is 33.1 Å². The SMILES string of the molecule is CCn1ccc(=O)n(CCC(C)(C)C(=O)O)c1=O. The molecule has 1 heterocycles. The Kier molecular flexibility index (Phi) is 4.11. The molecule has 0 aliphatic rings. The first-order valence-electron chi connectivity index (χ1n) is 5.83. The van der Waals surface area contributed by atoms with Crippen LogP contribution in [0.25, 0.3) is 0 Å². The first-order valence-corrected chi connectivity index (χ1v) is 5.83. The van der Waals surface area contributed by atoms with Crippen molar-refractivity contribution in [2.45, 2.75) is 40.3 Å². The summed E-state index contributed by atoms with van der Waals surface area (Å²) in [6.07, 6.45) is 1.68. The van der Waals surface area contributed by atoms with Crippen molar-refractivity contribution in [1.82, 2.24) is 9.13 Å². The number of aliphatic carboxylic acids is 1. The molecular formula is C12H18N2O4. The van der Waals surface area contributed by atoms with Crippen LogP contribution in [0.15, 0.2) is 21.9 Å². The van der Waals surface area contributed by atoms with Gasteiger partial charge in [0.1, 0.15) is 0 Å². The van der Waals surface area contributed by atoms with E-state index in [2.05, 4.69) is 0 Å². The lowest BCUT2D eigenvalue weighted by atomic mass is 9.90. The molecule has 1 rings (SSSR count). The minimum atomic E-state index is -0.960. The number of rotatable bonds is 5. The average molecular weight is 254 g/mol. The van der Waals surface area contributed by atoms with Gasteiger partial charge in [-0.05, 0) is 27.2 Å². The van der Waals surface area contributed by atoms with Gasteiger partial charge >= 0.3 is 11.7 Å². The van der Waals surface area contributed by atoms with E-state index >= 15 is 0 Å². The molecule has 0 saturated carbocycles. The van der Waals surface area contributed by atoms with E-state index < -0.39 is 22.6 Å². The van der Waals surface area contributed by atoms with Crippen LogP contribution < -0.4 is 11.2 Å². The molecule has 1 aromatic heterocycles. The lowest BCUT2D eigenvalue weighted by molar-refractivity contribution is -0.147.